The molecule has 21 heavy (non-hydrogen) atoms. The van der Waals surface area contributed by atoms with Crippen LogP contribution in [0.15, 0.2) is 30.6 Å². The third-order valence-electron chi connectivity index (χ3n) is 2.83. The van der Waals surface area contributed by atoms with E-state index in [1.165, 1.54) is 35.3 Å². The monoisotopic (exact) mass is 291 g/mol. The van der Waals surface area contributed by atoms with Crippen LogP contribution in [0.5, 0.6) is 11.5 Å². The van der Waals surface area contributed by atoms with Crippen LogP contribution in [0.2, 0.25) is 0 Å². The van der Waals surface area contributed by atoms with E-state index in [4.69, 9.17) is 0 Å². The van der Waals surface area contributed by atoms with E-state index in [0.29, 0.717) is 0 Å². The Morgan fingerprint density at radius 2 is 1.90 bits per heavy atom. The Kier molecular flexibility index (Phi) is 3.79. The Hall–Kier alpha value is -3.03. The molecule has 0 fully saturated rings. The molecule has 1 amide bonds. The van der Waals surface area contributed by atoms with Crippen molar-refractivity contribution in [1.82, 2.24) is 15.1 Å². The van der Waals surface area contributed by atoms with Crippen molar-refractivity contribution in [1.29, 1.82) is 0 Å². The summed E-state index contributed by atoms with van der Waals surface area (Å²) in [7, 11) is 1.61. The molecule has 0 radical (unpaired) electrons. The SMILES string of the molecule is Cn1cc(C(NC(=O)c2c(O)cccc2O)C(=O)O)cn1. The molecule has 0 aliphatic rings. The first kappa shape index (κ1) is 14.4. The molecule has 0 saturated carbocycles. The number of nitrogens with one attached hydrogen (secondary N) is 1. The van der Waals surface area contributed by atoms with Crippen LogP contribution in [-0.2, 0) is 11.8 Å². The number of benzene rings is 1. The second kappa shape index (κ2) is 5.53. The van der Waals surface area contributed by atoms with Gasteiger partial charge in [0.2, 0.25) is 0 Å². The van der Waals surface area contributed by atoms with Gasteiger partial charge >= 0.3 is 5.97 Å². The number of phenols is 2. The van der Waals surface area contributed by atoms with Gasteiger partial charge in [0.1, 0.15) is 17.1 Å². The number of hydrogen-bond acceptors (Lipinski definition) is 5. The molecule has 1 unspecified atom stereocenters. The molecule has 8 heteroatoms. The number of carboxylic acids is 1. The van der Waals surface area contributed by atoms with Crippen molar-refractivity contribution in [3.8, 4) is 11.5 Å². The number of hydrogen-bond donors (Lipinski definition) is 4. The number of carbonyl (C=O) groups is 2. The molecule has 110 valence electrons. The number of rotatable bonds is 4. The smallest absolute Gasteiger partial charge is 0.331 e. The van der Waals surface area contributed by atoms with Gasteiger partial charge in [0, 0.05) is 18.8 Å². The third-order valence-corrected chi connectivity index (χ3v) is 2.83. The third kappa shape index (κ3) is 2.94. The maximum Gasteiger partial charge on any atom is 0.331 e. The van der Waals surface area contributed by atoms with E-state index < -0.39 is 29.4 Å². The Morgan fingerprint density at radius 1 is 1.29 bits per heavy atom. The van der Waals surface area contributed by atoms with Gasteiger partial charge in [-0.05, 0) is 12.1 Å². The van der Waals surface area contributed by atoms with E-state index in [0.717, 1.165) is 0 Å². The highest BCUT2D eigenvalue weighted by Gasteiger charge is 2.26. The fraction of sp³-hybridized carbons (Fsp3) is 0.154. The van der Waals surface area contributed by atoms with Crippen molar-refractivity contribution in [2.24, 2.45) is 7.05 Å². The van der Waals surface area contributed by atoms with Gasteiger partial charge in [0.05, 0.1) is 6.20 Å². The molecule has 4 N–H and O–H groups in total. The maximum absolute atomic E-state index is 12.1. The van der Waals surface area contributed by atoms with Gasteiger partial charge < -0.3 is 20.6 Å². The summed E-state index contributed by atoms with van der Waals surface area (Å²) in [6.07, 6.45) is 2.76. The highest BCUT2D eigenvalue weighted by atomic mass is 16.4. The van der Waals surface area contributed by atoms with Crippen LogP contribution in [0.25, 0.3) is 0 Å². The quantitative estimate of drug-likeness (QED) is 0.645. The molecular weight excluding hydrogens is 278 g/mol. The Balaban J connectivity index is 2.29. The summed E-state index contributed by atoms with van der Waals surface area (Å²) < 4.78 is 1.40. The van der Waals surface area contributed by atoms with Crippen molar-refractivity contribution in [2.75, 3.05) is 0 Å². The number of nitrogens with zero attached hydrogens (tertiary/aromatic N) is 2. The van der Waals surface area contributed by atoms with Crippen LogP contribution in [0, 0.1) is 0 Å². The highest BCUT2D eigenvalue weighted by molar-refractivity contribution is 6.01. The molecule has 1 atom stereocenters. The molecule has 1 aromatic heterocycles. The summed E-state index contributed by atoms with van der Waals surface area (Å²) >= 11 is 0. The first-order chi connectivity index (χ1) is 9.90. The predicted octanol–water partition coefficient (Wildman–Crippen LogP) is 0.387. The summed E-state index contributed by atoms with van der Waals surface area (Å²) in [4.78, 5) is 23.3. The van der Waals surface area contributed by atoms with Crippen molar-refractivity contribution >= 4 is 11.9 Å². The number of carbonyl (C=O) groups excluding carboxylic acids is 1. The summed E-state index contributed by atoms with van der Waals surface area (Å²) in [6.45, 7) is 0. The van der Waals surface area contributed by atoms with Crippen molar-refractivity contribution in [3.05, 3.63) is 41.7 Å². The number of amides is 1. The Labute approximate surface area is 119 Å². The van der Waals surface area contributed by atoms with Gasteiger partial charge in [-0.15, -0.1) is 0 Å². The maximum atomic E-state index is 12.1. The van der Waals surface area contributed by atoms with Crippen LogP contribution >= 0.6 is 0 Å². The normalized spacial score (nSPS) is 11.9. The average molecular weight is 291 g/mol. The molecule has 0 aliphatic heterocycles. The standard InChI is InChI=1S/C13H13N3O5/c1-16-6-7(5-14-16)11(13(20)21)15-12(19)10-8(17)3-2-4-9(10)18/h2-6,11,17-18H,1H3,(H,15,19)(H,20,21). The molecule has 0 spiro atoms. The fourth-order valence-corrected chi connectivity index (χ4v) is 1.84. The second-order valence-corrected chi connectivity index (χ2v) is 4.36. The zero-order valence-electron chi connectivity index (χ0n) is 11.0. The van der Waals surface area contributed by atoms with Gasteiger partial charge in [0.25, 0.3) is 5.91 Å². The molecule has 0 bridgehead atoms. The zero-order chi connectivity index (χ0) is 15.6. The van der Waals surface area contributed by atoms with Gasteiger partial charge in [-0.2, -0.15) is 5.10 Å². The van der Waals surface area contributed by atoms with E-state index in [2.05, 4.69) is 10.4 Å². The van der Waals surface area contributed by atoms with Crippen molar-refractivity contribution in [3.63, 3.8) is 0 Å². The summed E-state index contributed by atoms with van der Waals surface area (Å²) in [5.41, 5.74) is -0.110. The topological polar surface area (TPSA) is 125 Å². The lowest BCUT2D eigenvalue weighted by atomic mass is 10.1. The van der Waals surface area contributed by atoms with Gasteiger partial charge in [-0.1, -0.05) is 6.07 Å². The fourth-order valence-electron chi connectivity index (χ4n) is 1.84. The number of phenolic OH excluding ortho intramolecular Hbond substituents is 2. The lowest BCUT2D eigenvalue weighted by Gasteiger charge is -2.14. The number of carboxylic acid groups (broad SMARTS) is 1. The number of aromatic hydroxyl groups is 2. The average Bonchev–Trinajstić information content (AvgIpc) is 2.81. The van der Waals surface area contributed by atoms with Gasteiger partial charge in [-0.25, -0.2) is 4.79 Å². The summed E-state index contributed by atoms with van der Waals surface area (Å²) in [6, 6.07) is 2.45. The molecule has 1 aromatic carbocycles. The Morgan fingerprint density at radius 3 is 2.38 bits per heavy atom. The first-order valence-corrected chi connectivity index (χ1v) is 5.93. The lowest BCUT2D eigenvalue weighted by Crippen LogP contribution is -2.33. The lowest BCUT2D eigenvalue weighted by molar-refractivity contribution is -0.139. The van der Waals surface area contributed by atoms with Crippen LogP contribution < -0.4 is 5.32 Å². The number of aromatic nitrogens is 2. The van der Waals surface area contributed by atoms with E-state index in [1.54, 1.807) is 7.05 Å². The minimum atomic E-state index is -1.34. The van der Waals surface area contributed by atoms with Crippen LogP contribution in [-0.4, -0.2) is 37.0 Å². The van der Waals surface area contributed by atoms with Crippen molar-refractivity contribution in [2.45, 2.75) is 6.04 Å². The van der Waals surface area contributed by atoms with E-state index in [-0.39, 0.29) is 11.1 Å². The van der Waals surface area contributed by atoms with Crippen LogP contribution in [0.4, 0.5) is 0 Å². The second-order valence-electron chi connectivity index (χ2n) is 4.36. The molecule has 2 rings (SSSR count). The van der Waals surface area contributed by atoms with Crippen molar-refractivity contribution < 1.29 is 24.9 Å². The molecule has 0 saturated heterocycles. The summed E-state index contributed by atoms with van der Waals surface area (Å²) in [5, 5.41) is 34.5. The zero-order valence-corrected chi connectivity index (χ0v) is 11.0. The van der Waals surface area contributed by atoms with Crippen LogP contribution in [0.1, 0.15) is 22.0 Å². The van der Waals surface area contributed by atoms with Gasteiger partial charge in [-0.3, -0.25) is 9.48 Å². The summed E-state index contributed by atoms with van der Waals surface area (Å²) in [5.74, 6) is -3.07. The van der Waals surface area contributed by atoms with Gasteiger partial charge in [0.15, 0.2) is 6.04 Å². The molecule has 0 aliphatic carbocycles. The molecular formula is C13H13N3O5. The van der Waals surface area contributed by atoms with Crippen LogP contribution in [0.3, 0.4) is 0 Å². The Bertz CT molecular complexity index is 675. The van der Waals surface area contributed by atoms with E-state index >= 15 is 0 Å². The molecule has 1 heterocycles. The minimum Gasteiger partial charge on any atom is -0.507 e. The van der Waals surface area contributed by atoms with E-state index in [9.17, 15) is 24.9 Å². The molecule has 8 nitrogen and oxygen atoms in total. The number of aliphatic carboxylic acids is 1. The highest BCUT2D eigenvalue weighted by Crippen LogP contribution is 2.26. The molecule has 2 aromatic rings. The number of aryl methyl sites for hydroxylation is 1. The minimum absolute atomic E-state index is 0.272. The first-order valence-electron chi connectivity index (χ1n) is 5.93. The largest absolute Gasteiger partial charge is 0.507 e. The predicted molar refractivity (Wildman–Crippen MR) is 70.8 cm³/mol. The van der Waals surface area contributed by atoms with E-state index in [1.807, 2.05) is 0 Å².